The van der Waals surface area contributed by atoms with Crippen LogP contribution in [0.1, 0.15) is 9.67 Å². The van der Waals surface area contributed by atoms with E-state index >= 15 is 0 Å². The van der Waals surface area contributed by atoms with Gasteiger partial charge in [0.1, 0.15) is 15.6 Å². The standard InChI is InChI=1S/C10H7BrClN3O4S2/c1-19-9(16)5-4-6(8(11)20-5)21(17,18)15-7-2-3-13-10(12)14-7/h2-4H,1H3,(H,13,14,15). The number of methoxy groups -OCH3 is 1. The second kappa shape index (κ2) is 6.26. The number of hydrogen-bond acceptors (Lipinski definition) is 7. The van der Waals surface area contributed by atoms with Crippen LogP contribution >= 0.6 is 38.9 Å². The summed E-state index contributed by atoms with van der Waals surface area (Å²) in [6, 6.07) is 2.57. The molecular formula is C10H7BrClN3O4S2. The van der Waals surface area contributed by atoms with Gasteiger partial charge in [0.25, 0.3) is 10.0 Å². The topological polar surface area (TPSA) is 98.2 Å². The van der Waals surface area contributed by atoms with E-state index in [1.807, 2.05) is 0 Å². The molecule has 0 saturated carbocycles. The molecule has 0 aromatic carbocycles. The molecule has 0 atom stereocenters. The van der Waals surface area contributed by atoms with E-state index in [9.17, 15) is 13.2 Å². The van der Waals surface area contributed by atoms with Crippen LogP contribution in [0.2, 0.25) is 5.28 Å². The second-order valence-corrected chi connectivity index (χ2v) is 7.92. The maximum Gasteiger partial charge on any atom is 0.348 e. The highest BCUT2D eigenvalue weighted by Crippen LogP contribution is 2.33. The fourth-order valence-corrected chi connectivity index (χ4v) is 4.95. The molecule has 0 radical (unpaired) electrons. The minimum atomic E-state index is -3.92. The van der Waals surface area contributed by atoms with Crippen molar-refractivity contribution >= 4 is 60.7 Å². The molecule has 2 heterocycles. The molecule has 0 amide bonds. The minimum absolute atomic E-state index is 0.0210. The van der Waals surface area contributed by atoms with Gasteiger partial charge in [0.15, 0.2) is 0 Å². The van der Waals surface area contributed by atoms with E-state index in [1.54, 1.807) is 0 Å². The molecular weight excluding hydrogens is 406 g/mol. The number of ether oxygens (including phenoxy) is 1. The fraction of sp³-hybridized carbons (Fsp3) is 0.100. The van der Waals surface area contributed by atoms with E-state index in [1.165, 1.54) is 25.4 Å². The average Bonchev–Trinajstić information content (AvgIpc) is 2.80. The third-order valence-corrected chi connectivity index (χ3v) is 5.97. The number of anilines is 1. The summed E-state index contributed by atoms with van der Waals surface area (Å²) in [7, 11) is -2.71. The van der Waals surface area contributed by atoms with Crippen molar-refractivity contribution < 1.29 is 17.9 Å². The van der Waals surface area contributed by atoms with Crippen LogP contribution in [-0.2, 0) is 14.8 Å². The molecule has 2 rings (SSSR count). The van der Waals surface area contributed by atoms with E-state index in [4.69, 9.17) is 11.6 Å². The number of carbonyl (C=O) groups is 1. The first-order valence-electron chi connectivity index (χ1n) is 5.22. The summed E-state index contributed by atoms with van der Waals surface area (Å²) < 4.78 is 31.6. The number of rotatable bonds is 4. The maximum atomic E-state index is 12.3. The molecule has 0 fully saturated rings. The Morgan fingerprint density at radius 1 is 1.52 bits per heavy atom. The van der Waals surface area contributed by atoms with Crippen LogP contribution in [0, 0.1) is 0 Å². The van der Waals surface area contributed by atoms with Crippen molar-refractivity contribution in [2.75, 3.05) is 11.8 Å². The van der Waals surface area contributed by atoms with Crippen molar-refractivity contribution in [1.29, 1.82) is 0 Å². The van der Waals surface area contributed by atoms with Crippen molar-refractivity contribution in [2.45, 2.75) is 4.90 Å². The van der Waals surface area contributed by atoms with Crippen LogP contribution in [0.4, 0.5) is 5.82 Å². The molecule has 21 heavy (non-hydrogen) atoms. The number of esters is 1. The first kappa shape index (κ1) is 16.1. The first-order valence-corrected chi connectivity index (χ1v) is 8.69. The van der Waals surface area contributed by atoms with Gasteiger partial charge in [0.2, 0.25) is 5.28 Å². The molecule has 0 spiro atoms. The van der Waals surface area contributed by atoms with Gasteiger partial charge in [-0.25, -0.2) is 18.2 Å². The summed E-state index contributed by atoms with van der Waals surface area (Å²) in [6.45, 7) is 0. The SMILES string of the molecule is COC(=O)c1cc(S(=O)(=O)Nc2ccnc(Cl)n2)c(Br)s1. The molecule has 2 aromatic heterocycles. The predicted octanol–water partition coefficient (Wildman–Crippen LogP) is 2.54. The monoisotopic (exact) mass is 411 g/mol. The van der Waals surface area contributed by atoms with Gasteiger partial charge in [-0.3, -0.25) is 4.72 Å². The van der Waals surface area contributed by atoms with Crippen molar-refractivity contribution in [3.63, 3.8) is 0 Å². The summed E-state index contributed by atoms with van der Waals surface area (Å²) >= 11 is 9.65. The van der Waals surface area contributed by atoms with Crippen LogP contribution in [-0.4, -0.2) is 31.5 Å². The number of aromatic nitrogens is 2. The quantitative estimate of drug-likeness (QED) is 0.612. The molecule has 0 unspecified atom stereocenters. The van der Waals surface area contributed by atoms with Gasteiger partial charge in [-0.15, -0.1) is 11.3 Å². The molecule has 0 aliphatic heterocycles. The number of nitrogens with one attached hydrogen (secondary N) is 1. The summed E-state index contributed by atoms with van der Waals surface area (Å²) in [5, 5.41) is -0.0881. The van der Waals surface area contributed by atoms with Crippen LogP contribution in [0.15, 0.2) is 27.0 Å². The van der Waals surface area contributed by atoms with Gasteiger partial charge in [0, 0.05) is 6.20 Å². The Morgan fingerprint density at radius 2 is 2.24 bits per heavy atom. The first-order chi connectivity index (χ1) is 9.83. The van der Waals surface area contributed by atoms with E-state index in [2.05, 4.69) is 35.4 Å². The van der Waals surface area contributed by atoms with Gasteiger partial charge in [-0.2, -0.15) is 4.98 Å². The molecule has 11 heteroatoms. The van der Waals surface area contributed by atoms with E-state index in [0.29, 0.717) is 0 Å². The Balaban J connectivity index is 2.36. The molecule has 7 nitrogen and oxygen atoms in total. The Bertz CT molecular complexity index is 793. The molecule has 112 valence electrons. The van der Waals surface area contributed by atoms with Crippen LogP contribution in [0.5, 0.6) is 0 Å². The molecule has 0 aliphatic rings. The zero-order valence-electron chi connectivity index (χ0n) is 10.3. The third-order valence-electron chi connectivity index (χ3n) is 2.20. The summed E-state index contributed by atoms with van der Waals surface area (Å²) in [5.74, 6) is -0.597. The lowest BCUT2D eigenvalue weighted by Crippen LogP contribution is -2.14. The summed E-state index contributed by atoms with van der Waals surface area (Å²) in [4.78, 5) is 18.9. The highest BCUT2D eigenvalue weighted by Gasteiger charge is 2.24. The average molecular weight is 413 g/mol. The second-order valence-electron chi connectivity index (χ2n) is 3.56. The third kappa shape index (κ3) is 3.70. The van der Waals surface area contributed by atoms with Crippen molar-refractivity contribution in [2.24, 2.45) is 0 Å². The Kier molecular flexibility index (Phi) is 4.81. The molecule has 0 aliphatic carbocycles. The van der Waals surface area contributed by atoms with E-state index in [-0.39, 0.29) is 24.7 Å². The molecule has 0 saturated heterocycles. The van der Waals surface area contributed by atoms with Gasteiger partial charge in [-0.1, -0.05) is 0 Å². The van der Waals surface area contributed by atoms with E-state index < -0.39 is 16.0 Å². The van der Waals surface area contributed by atoms with Crippen molar-refractivity contribution in [1.82, 2.24) is 9.97 Å². The lowest BCUT2D eigenvalue weighted by molar-refractivity contribution is 0.0606. The van der Waals surface area contributed by atoms with Crippen molar-refractivity contribution in [3.8, 4) is 0 Å². The maximum absolute atomic E-state index is 12.3. The van der Waals surface area contributed by atoms with Crippen LogP contribution < -0.4 is 4.72 Å². The molecule has 2 aromatic rings. The largest absolute Gasteiger partial charge is 0.465 e. The summed E-state index contributed by atoms with van der Waals surface area (Å²) in [6.07, 6.45) is 1.32. The van der Waals surface area contributed by atoms with Gasteiger partial charge >= 0.3 is 5.97 Å². The van der Waals surface area contributed by atoms with Crippen LogP contribution in [0.25, 0.3) is 0 Å². The Morgan fingerprint density at radius 3 is 2.86 bits per heavy atom. The van der Waals surface area contributed by atoms with Gasteiger partial charge < -0.3 is 4.74 Å². The Hall–Kier alpha value is -1.23. The smallest absolute Gasteiger partial charge is 0.348 e. The number of nitrogens with zero attached hydrogens (tertiary/aromatic N) is 2. The number of carbonyl (C=O) groups excluding carboxylic acids is 1. The number of sulfonamides is 1. The fourth-order valence-electron chi connectivity index (χ4n) is 1.32. The normalized spacial score (nSPS) is 11.2. The lowest BCUT2D eigenvalue weighted by atomic mass is 10.5. The highest BCUT2D eigenvalue weighted by molar-refractivity contribution is 9.11. The van der Waals surface area contributed by atoms with E-state index in [0.717, 1.165) is 11.3 Å². The Labute approximate surface area is 137 Å². The zero-order valence-corrected chi connectivity index (χ0v) is 14.3. The van der Waals surface area contributed by atoms with Crippen LogP contribution in [0.3, 0.4) is 0 Å². The highest BCUT2D eigenvalue weighted by atomic mass is 79.9. The number of hydrogen-bond donors (Lipinski definition) is 1. The predicted molar refractivity (Wildman–Crippen MR) is 81.2 cm³/mol. The lowest BCUT2D eigenvalue weighted by Gasteiger charge is -2.05. The number of halogens is 2. The zero-order chi connectivity index (χ0) is 15.6. The molecule has 1 N–H and O–H groups in total. The molecule has 0 bridgehead atoms. The van der Waals surface area contributed by atoms with Gasteiger partial charge in [-0.05, 0) is 39.7 Å². The number of thiophene rings is 1. The van der Waals surface area contributed by atoms with Gasteiger partial charge in [0.05, 0.1) is 10.9 Å². The minimum Gasteiger partial charge on any atom is -0.465 e. The summed E-state index contributed by atoms with van der Waals surface area (Å²) in [5.41, 5.74) is 0. The van der Waals surface area contributed by atoms with Crippen molar-refractivity contribution in [3.05, 3.63) is 32.3 Å².